The highest BCUT2D eigenvalue weighted by Crippen LogP contribution is 2.32. The number of carbonyl (C=O) groups is 2. The molecule has 3 aromatic heterocycles. The minimum absolute atomic E-state index is 0.0571. The average Bonchev–Trinajstić information content (AvgIpc) is 3.54. The number of hydrogen-bond acceptors (Lipinski definition) is 7. The van der Waals surface area contributed by atoms with Crippen LogP contribution in [0.3, 0.4) is 0 Å². The molecule has 4 rings (SSSR count). The number of amides is 2. The second kappa shape index (κ2) is 13.9. The zero-order chi connectivity index (χ0) is 31.3. The van der Waals surface area contributed by atoms with E-state index in [0.29, 0.717) is 53.8 Å². The third kappa shape index (κ3) is 8.17. The highest BCUT2D eigenvalue weighted by atomic mass is 28.3. The lowest BCUT2D eigenvalue weighted by Gasteiger charge is -2.32. The van der Waals surface area contributed by atoms with Crippen molar-refractivity contribution in [3.05, 3.63) is 47.0 Å². The zero-order valence-electron chi connectivity index (χ0n) is 26.4. The predicted molar refractivity (Wildman–Crippen MR) is 166 cm³/mol. The number of carbonyl (C=O) groups excluding carboxylic acids is 2. The van der Waals surface area contributed by atoms with Crippen LogP contribution in [0.25, 0.3) is 11.1 Å². The van der Waals surface area contributed by atoms with Gasteiger partial charge in [0, 0.05) is 31.5 Å². The van der Waals surface area contributed by atoms with Crippen LogP contribution in [0, 0.1) is 31.6 Å². The number of nitrogens with one attached hydrogen (secondary N) is 2. The monoisotopic (exact) mass is 612 g/mol. The molecule has 0 spiro atoms. The van der Waals surface area contributed by atoms with E-state index >= 15 is 4.39 Å². The first-order valence-electron chi connectivity index (χ1n) is 15.2. The molecule has 0 unspecified atom stereocenters. The summed E-state index contributed by atoms with van der Waals surface area (Å²) in [6, 6.07) is 3.42. The van der Waals surface area contributed by atoms with E-state index in [1.165, 1.54) is 6.26 Å². The van der Waals surface area contributed by atoms with Gasteiger partial charge in [-0.15, -0.1) is 0 Å². The Balaban J connectivity index is 1.49. The summed E-state index contributed by atoms with van der Waals surface area (Å²) in [6.45, 7) is 15.6. The van der Waals surface area contributed by atoms with Crippen molar-refractivity contribution in [1.82, 2.24) is 25.2 Å². The molecule has 0 saturated heterocycles. The molecule has 43 heavy (non-hydrogen) atoms. The van der Waals surface area contributed by atoms with Gasteiger partial charge in [0.25, 0.3) is 5.91 Å². The normalized spacial score (nSPS) is 18.0. The lowest BCUT2D eigenvalue weighted by atomic mass is 9.79. The van der Waals surface area contributed by atoms with E-state index in [4.69, 9.17) is 9.26 Å². The fraction of sp³-hybridized carbons (Fsp3) is 0.581. The number of ether oxygens (including phenoxy) is 1. The molecule has 1 aliphatic carbocycles. The fourth-order valence-corrected chi connectivity index (χ4v) is 6.33. The lowest BCUT2D eigenvalue weighted by Crippen LogP contribution is -2.49. The summed E-state index contributed by atoms with van der Waals surface area (Å²) in [5, 5.41) is 14.1. The second-order valence-electron chi connectivity index (χ2n) is 12.9. The minimum atomic E-state index is -1.21. The van der Waals surface area contributed by atoms with E-state index in [2.05, 4.69) is 52.4 Å². The van der Waals surface area contributed by atoms with Gasteiger partial charge >= 0.3 is 0 Å². The summed E-state index contributed by atoms with van der Waals surface area (Å²) in [5.41, 5.74) is 3.23. The topological polar surface area (TPSA) is 124 Å². The van der Waals surface area contributed by atoms with Crippen molar-refractivity contribution in [3.8, 4) is 11.1 Å². The van der Waals surface area contributed by atoms with Crippen molar-refractivity contribution < 1.29 is 23.2 Å². The molecule has 10 nitrogen and oxygen atoms in total. The number of aryl methyl sites for hydroxylation is 2. The molecule has 3 aromatic rings. The Morgan fingerprint density at radius 2 is 1.91 bits per heavy atom. The zero-order valence-corrected chi connectivity index (χ0v) is 27.4. The van der Waals surface area contributed by atoms with Crippen LogP contribution in [0.5, 0.6) is 0 Å². The number of anilines is 1. The number of halogens is 1. The van der Waals surface area contributed by atoms with Gasteiger partial charge in [0.1, 0.15) is 30.4 Å². The molecule has 0 aliphatic heterocycles. The molecule has 0 radical (unpaired) electrons. The predicted octanol–water partition coefficient (Wildman–Crippen LogP) is 6.13. The third-order valence-corrected chi connectivity index (χ3v) is 9.99. The molecular weight excluding hydrogens is 567 g/mol. The first-order valence-corrected chi connectivity index (χ1v) is 18.9. The van der Waals surface area contributed by atoms with Crippen LogP contribution in [0.2, 0.25) is 25.7 Å². The van der Waals surface area contributed by atoms with Crippen molar-refractivity contribution >= 4 is 25.7 Å². The van der Waals surface area contributed by atoms with Gasteiger partial charge in [-0.3, -0.25) is 9.59 Å². The van der Waals surface area contributed by atoms with Crippen LogP contribution in [0.4, 0.5) is 10.2 Å². The number of aromatic nitrogens is 4. The summed E-state index contributed by atoms with van der Waals surface area (Å²) in [7, 11) is -1.21. The smallest absolute Gasteiger partial charge is 0.257 e. The first-order chi connectivity index (χ1) is 20.4. The van der Waals surface area contributed by atoms with Crippen LogP contribution < -0.4 is 10.6 Å². The Hall–Kier alpha value is -3.38. The summed E-state index contributed by atoms with van der Waals surface area (Å²) in [6.07, 6.45) is 5.36. The van der Waals surface area contributed by atoms with Crippen molar-refractivity contribution in [2.45, 2.75) is 98.3 Å². The SMILES string of the molecule is CCc1nocc1C(=O)N[C@H](C(=O)Nc1ccc(-c2c(C)nn(COCC[Si](C)(C)C)c2C)c(F)n1)C1CCC(C)CC1. The molecule has 1 fully saturated rings. The van der Waals surface area contributed by atoms with E-state index in [9.17, 15) is 9.59 Å². The van der Waals surface area contributed by atoms with E-state index in [1.807, 2.05) is 20.8 Å². The van der Waals surface area contributed by atoms with Crippen molar-refractivity contribution in [2.24, 2.45) is 11.8 Å². The molecule has 0 bridgehead atoms. The molecule has 12 heteroatoms. The quantitative estimate of drug-likeness (QED) is 0.143. The molecule has 1 aliphatic rings. The molecule has 2 N–H and O–H groups in total. The summed E-state index contributed by atoms with van der Waals surface area (Å²) >= 11 is 0. The second-order valence-corrected chi connectivity index (χ2v) is 18.5. The Morgan fingerprint density at radius 1 is 1.19 bits per heavy atom. The number of hydrogen-bond donors (Lipinski definition) is 2. The van der Waals surface area contributed by atoms with Gasteiger partial charge in [-0.05, 0) is 63.1 Å². The summed E-state index contributed by atoms with van der Waals surface area (Å²) in [4.78, 5) is 30.8. The van der Waals surface area contributed by atoms with E-state index in [0.717, 1.165) is 37.4 Å². The summed E-state index contributed by atoms with van der Waals surface area (Å²) < 4.78 is 28.0. The van der Waals surface area contributed by atoms with Gasteiger partial charge in [0.2, 0.25) is 11.9 Å². The molecule has 1 saturated carbocycles. The Morgan fingerprint density at radius 3 is 2.56 bits per heavy atom. The Labute approximate surface area is 254 Å². The number of pyridine rings is 1. The van der Waals surface area contributed by atoms with Crippen molar-refractivity contribution in [3.63, 3.8) is 0 Å². The molecule has 2 amide bonds. The minimum Gasteiger partial charge on any atom is -0.364 e. The van der Waals surface area contributed by atoms with Gasteiger partial charge in [0.05, 0.1) is 11.4 Å². The Bertz CT molecular complexity index is 1420. The van der Waals surface area contributed by atoms with Crippen LogP contribution in [-0.4, -0.2) is 52.5 Å². The lowest BCUT2D eigenvalue weighted by molar-refractivity contribution is -0.119. The Kier molecular flexibility index (Phi) is 10.5. The highest BCUT2D eigenvalue weighted by molar-refractivity contribution is 6.76. The number of nitrogens with zero attached hydrogens (tertiary/aromatic N) is 4. The van der Waals surface area contributed by atoms with Crippen LogP contribution in [0.1, 0.15) is 67.0 Å². The van der Waals surface area contributed by atoms with Crippen molar-refractivity contribution in [1.29, 1.82) is 0 Å². The van der Waals surface area contributed by atoms with Gasteiger partial charge < -0.3 is 19.9 Å². The van der Waals surface area contributed by atoms with Crippen LogP contribution in [0.15, 0.2) is 22.9 Å². The maximum Gasteiger partial charge on any atom is 0.257 e. The molecule has 3 heterocycles. The fourth-order valence-electron chi connectivity index (χ4n) is 5.57. The van der Waals surface area contributed by atoms with Crippen LogP contribution in [-0.2, 0) is 22.7 Å². The van der Waals surface area contributed by atoms with Crippen molar-refractivity contribution in [2.75, 3.05) is 11.9 Å². The van der Waals surface area contributed by atoms with Crippen LogP contribution >= 0.6 is 0 Å². The maximum atomic E-state index is 15.5. The van der Waals surface area contributed by atoms with Gasteiger partial charge in [-0.1, -0.05) is 51.5 Å². The van der Waals surface area contributed by atoms with Gasteiger partial charge in [0.15, 0.2) is 0 Å². The number of rotatable bonds is 12. The van der Waals surface area contributed by atoms with E-state index in [1.54, 1.807) is 16.8 Å². The summed E-state index contributed by atoms with van der Waals surface area (Å²) in [5.74, 6) is -0.981. The van der Waals surface area contributed by atoms with E-state index < -0.39 is 31.9 Å². The molecule has 1 atom stereocenters. The largest absolute Gasteiger partial charge is 0.364 e. The maximum absolute atomic E-state index is 15.5. The van der Waals surface area contributed by atoms with Gasteiger partial charge in [-0.2, -0.15) is 9.49 Å². The standard InChI is InChI=1S/C31H45FN6O4Si/c1-8-25-24(17-42-37-25)30(39)35-28(22-11-9-19(2)10-12-22)31(40)34-26-14-13-23(29(32)33-26)27-20(3)36-38(21(27)4)18-41-15-16-43(5,6)7/h13-14,17,19,22,28H,8-12,15-16,18H2,1-7H3,(H,35,39)(H,33,34,40)/t19?,22?,28-/m0/s1. The highest BCUT2D eigenvalue weighted by Gasteiger charge is 2.34. The molecule has 0 aromatic carbocycles. The molecule has 234 valence electrons. The third-order valence-electron chi connectivity index (χ3n) is 8.29. The van der Waals surface area contributed by atoms with Gasteiger partial charge in [-0.25, -0.2) is 9.67 Å². The average molecular weight is 613 g/mol. The first kappa shape index (κ1) is 32.5. The molecular formula is C31H45FN6O4Si. The van der Waals surface area contributed by atoms with E-state index in [-0.39, 0.29) is 11.7 Å².